The van der Waals surface area contributed by atoms with Crippen LogP contribution < -0.4 is 4.31 Å². The number of halogens is 1. The summed E-state index contributed by atoms with van der Waals surface area (Å²) >= 11 is 2.13. The molecule has 0 aliphatic carbocycles. The van der Waals surface area contributed by atoms with Gasteiger partial charge in [0.1, 0.15) is 5.82 Å². The van der Waals surface area contributed by atoms with Crippen LogP contribution in [0.15, 0.2) is 53.6 Å². The Morgan fingerprint density at radius 2 is 1.78 bits per heavy atom. The summed E-state index contributed by atoms with van der Waals surface area (Å²) in [6.45, 7) is 0. The molecule has 0 radical (unpaired) electrons. The van der Waals surface area contributed by atoms with Gasteiger partial charge in [-0.05, 0) is 59.0 Å². The van der Waals surface area contributed by atoms with E-state index in [2.05, 4.69) is 27.6 Å². The van der Waals surface area contributed by atoms with Crippen LogP contribution in [0, 0.1) is 3.57 Å². The third-order valence-corrected chi connectivity index (χ3v) is 4.94. The lowest BCUT2D eigenvalue weighted by Gasteiger charge is -2.18. The van der Waals surface area contributed by atoms with Crippen LogP contribution >= 0.6 is 22.6 Å². The third kappa shape index (κ3) is 2.64. The fraction of sp³-hybridized carbons (Fsp3) is 0.0833. The zero-order valence-corrected chi connectivity index (χ0v) is 12.6. The normalized spacial score (nSPS) is 11.2. The molecule has 1 heterocycles. The zero-order chi connectivity index (χ0) is 13.2. The highest BCUT2D eigenvalue weighted by molar-refractivity contribution is 14.1. The lowest BCUT2D eigenvalue weighted by Crippen LogP contribution is -2.27. The predicted molar refractivity (Wildman–Crippen MR) is 79.0 cm³/mol. The summed E-state index contributed by atoms with van der Waals surface area (Å²) in [5.74, 6) is 0.399. The smallest absolute Gasteiger partial charge is 0.253 e. The number of hydrogen-bond donors (Lipinski definition) is 0. The van der Waals surface area contributed by atoms with Crippen LogP contribution in [0.4, 0.5) is 5.82 Å². The van der Waals surface area contributed by atoms with Gasteiger partial charge in [-0.3, -0.25) is 4.31 Å². The van der Waals surface area contributed by atoms with Gasteiger partial charge in [-0.2, -0.15) is 0 Å². The highest BCUT2D eigenvalue weighted by atomic mass is 127. The molecule has 0 aliphatic heterocycles. The van der Waals surface area contributed by atoms with Crippen molar-refractivity contribution in [1.82, 2.24) is 4.98 Å². The van der Waals surface area contributed by atoms with Crippen molar-refractivity contribution in [2.75, 3.05) is 11.4 Å². The molecular formula is C12H11IN2O2S. The molecule has 0 saturated heterocycles. The molecule has 6 heteroatoms. The minimum atomic E-state index is -3.54. The first-order valence-electron chi connectivity index (χ1n) is 5.17. The van der Waals surface area contributed by atoms with Crippen LogP contribution in [-0.4, -0.2) is 20.4 Å². The molecule has 0 amide bonds. The van der Waals surface area contributed by atoms with Gasteiger partial charge in [0.2, 0.25) is 0 Å². The number of nitrogens with zero attached hydrogens (tertiary/aromatic N) is 2. The Hall–Kier alpha value is -1.15. The fourth-order valence-corrected chi connectivity index (χ4v) is 2.94. The van der Waals surface area contributed by atoms with Crippen molar-refractivity contribution in [1.29, 1.82) is 0 Å². The van der Waals surface area contributed by atoms with E-state index in [-0.39, 0.29) is 4.90 Å². The number of sulfonamides is 1. The van der Waals surface area contributed by atoms with Gasteiger partial charge in [-0.1, -0.05) is 6.07 Å². The Bertz CT molecular complexity index is 627. The van der Waals surface area contributed by atoms with Crippen molar-refractivity contribution in [2.45, 2.75) is 4.90 Å². The van der Waals surface area contributed by atoms with Crippen molar-refractivity contribution in [3.8, 4) is 0 Å². The van der Waals surface area contributed by atoms with Gasteiger partial charge in [-0.25, -0.2) is 13.4 Å². The van der Waals surface area contributed by atoms with E-state index in [0.717, 1.165) is 3.57 Å². The maximum Gasteiger partial charge on any atom is 0.265 e. The molecule has 2 aromatic rings. The number of hydrogen-bond acceptors (Lipinski definition) is 3. The molecule has 0 fully saturated rings. The predicted octanol–water partition coefficient (Wildman–Crippen LogP) is 2.51. The van der Waals surface area contributed by atoms with Gasteiger partial charge in [0.05, 0.1) is 4.90 Å². The second kappa shape index (κ2) is 5.23. The molecule has 1 aromatic heterocycles. The summed E-state index contributed by atoms with van der Waals surface area (Å²) in [5.41, 5.74) is 0. The summed E-state index contributed by atoms with van der Waals surface area (Å²) in [6, 6.07) is 11.9. The SMILES string of the molecule is CN(c1ccccn1)S(=O)(=O)c1ccc(I)cc1. The van der Waals surface area contributed by atoms with Gasteiger partial charge < -0.3 is 0 Å². The maximum absolute atomic E-state index is 12.3. The van der Waals surface area contributed by atoms with Crippen LogP contribution in [0.1, 0.15) is 0 Å². The number of aromatic nitrogens is 1. The monoisotopic (exact) mass is 374 g/mol. The zero-order valence-electron chi connectivity index (χ0n) is 9.62. The molecule has 94 valence electrons. The van der Waals surface area contributed by atoms with E-state index in [1.165, 1.54) is 11.4 Å². The van der Waals surface area contributed by atoms with Crippen LogP contribution in [0.2, 0.25) is 0 Å². The third-order valence-electron chi connectivity index (χ3n) is 2.44. The Kier molecular flexibility index (Phi) is 3.86. The van der Waals surface area contributed by atoms with Crippen molar-refractivity contribution >= 4 is 38.4 Å². The molecule has 4 nitrogen and oxygen atoms in total. The second-order valence-electron chi connectivity index (χ2n) is 3.61. The average Bonchev–Trinajstić information content (AvgIpc) is 2.39. The van der Waals surface area contributed by atoms with Crippen molar-refractivity contribution in [2.24, 2.45) is 0 Å². The van der Waals surface area contributed by atoms with Crippen LogP contribution in [0.3, 0.4) is 0 Å². The van der Waals surface area contributed by atoms with Crippen LogP contribution in [-0.2, 0) is 10.0 Å². The molecule has 2 rings (SSSR count). The summed E-state index contributed by atoms with van der Waals surface area (Å²) in [4.78, 5) is 4.29. The van der Waals surface area contributed by atoms with Gasteiger partial charge in [0.25, 0.3) is 10.0 Å². The molecule has 1 aromatic carbocycles. The highest BCUT2D eigenvalue weighted by Crippen LogP contribution is 2.20. The molecule has 0 aliphatic rings. The van der Waals surface area contributed by atoms with Gasteiger partial charge in [0, 0.05) is 16.8 Å². The molecule has 0 unspecified atom stereocenters. The lowest BCUT2D eigenvalue weighted by molar-refractivity contribution is 0.594. The number of rotatable bonds is 3. The van der Waals surface area contributed by atoms with E-state index in [4.69, 9.17) is 0 Å². The van der Waals surface area contributed by atoms with Crippen molar-refractivity contribution < 1.29 is 8.42 Å². The van der Waals surface area contributed by atoms with E-state index < -0.39 is 10.0 Å². The highest BCUT2D eigenvalue weighted by Gasteiger charge is 2.21. The van der Waals surface area contributed by atoms with E-state index >= 15 is 0 Å². The van der Waals surface area contributed by atoms with Gasteiger partial charge in [-0.15, -0.1) is 0 Å². The van der Waals surface area contributed by atoms with Crippen molar-refractivity contribution in [3.63, 3.8) is 0 Å². The molecular weight excluding hydrogens is 363 g/mol. The van der Waals surface area contributed by atoms with E-state index in [1.807, 2.05) is 0 Å². The minimum absolute atomic E-state index is 0.260. The lowest BCUT2D eigenvalue weighted by atomic mass is 10.4. The standard InChI is InChI=1S/C12H11IN2O2S/c1-15(12-4-2-3-9-14-12)18(16,17)11-7-5-10(13)6-8-11/h2-9H,1H3. The molecule has 18 heavy (non-hydrogen) atoms. The van der Waals surface area contributed by atoms with E-state index in [9.17, 15) is 8.42 Å². The van der Waals surface area contributed by atoms with Gasteiger partial charge in [0.15, 0.2) is 0 Å². The maximum atomic E-state index is 12.3. The molecule has 0 atom stereocenters. The molecule has 0 saturated carbocycles. The molecule has 0 bridgehead atoms. The number of pyridine rings is 1. The Labute approximate surface area is 120 Å². The summed E-state index contributed by atoms with van der Waals surface area (Å²) in [5, 5.41) is 0. The Morgan fingerprint density at radius 1 is 1.11 bits per heavy atom. The van der Waals surface area contributed by atoms with Crippen molar-refractivity contribution in [3.05, 3.63) is 52.2 Å². The van der Waals surface area contributed by atoms with Crippen LogP contribution in [0.5, 0.6) is 0 Å². The summed E-state index contributed by atoms with van der Waals surface area (Å²) < 4.78 is 26.8. The summed E-state index contributed by atoms with van der Waals surface area (Å²) in [7, 11) is -2.05. The molecule has 0 N–H and O–H groups in total. The Balaban J connectivity index is 2.40. The second-order valence-corrected chi connectivity index (χ2v) is 6.83. The first-order valence-corrected chi connectivity index (χ1v) is 7.69. The molecule has 0 spiro atoms. The number of anilines is 1. The average molecular weight is 374 g/mol. The minimum Gasteiger partial charge on any atom is -0.253 e. The Morgan fingerprint density at radius 3 is 2.33 bits per heavy atom. The number of benzene rings is 1. The quantitative estimate of drug-likeness (QED) is 0.776. The van der Waals surface area contributed by atoms with E-state index in [0.29, 0.717) is 5.82 Å². The van der Waals surface area contributed by atoms with E-state index in [1.54, 1.807) is 48.7 Å². The first-order chi connectivity index (χ1) is 8.51. The van der Waals surface area contributed by atoms with Crippen LogP contribution in [0.25, 0.3) is 0 Å². The first kappa shape index (κ1) is 13.3. The largest absolute Gasteiger partial charge is 0.265 e. The van der Waals surface area contributed by atoms with Gasteiger partial charge >= 0.3 is 0 Å². The topological polar surface area (TPSA) is 50.3 Å². The fourth-order valence-electron chi connectivity index (χ4n) is 1.43. The summed E-state index contributed by atoms with van der Waals surface area (Å²) in [6.07, 6.45) is 1.56.